The summed E-state index contributed by atoms with van der Waals surface area (Å²) < 4.78 is 11.0. The standard InChI is InChI=1S/C27H30N2O6/c30-25(29-11-12-34-15-18(14-29)26(31)32)24(13-17-9-10-17)28-27(33)35-16-23-21-7-3-1-5-19(21)20-6-2-4-8-22(20)23/h1-8,17-18,23-24H,9-16H2,(H,28,33)(H,31,32). The van der Waals surface area contributed by atoms with E-state index in [1.54, 1.807) is 0 Å². The van der Waals surface area contributed by atoms with E-state index >= 15 is 0 Å². The van der Waals surface area contributed by atoms with E-state index in [1.165, 1.54) is 4.90 Å². The lowest BCUT2D eigenvalue weighted by Gasteiger charge is -2.27. The number of carboxylic acid groups (broad SMARTS) is 1. The van der Waals surface area contributed by atoms with Crippen LogP contribution in [0.2, 0.25) is 0 Å². The second-order valence-electron chi connectivity index (χ2n) is 9.60. The van der Waals surface area contributed by atoms with E-state index in [0.29, 0.717) is 18.9 Å². The van der Waals surface area contributed by atoms with E-state index in [2.05, 4.69) is 29.6 Å². The monoisotopic (exact) mass is 478 g/mol. The van der Waals surface area contributed by atoms with E-state index in [1.807, 2.05) is 24.3 Å². The predicted octanol–water partition coefficient (Wildman–Crippen LogP) is 3.25. The number of hydrogen-bond acceptors (Lipinski definition) is 5. The summed E-state index contributed by atoms with van der Waals surface area (Å²) in [6.45, 7) is 0.892. The lowest BCUT2D eigenvalue weighted by Crippen LogP contribution is -2.51. The number of carbonyl (C=O) groups excluding carboxylic acids is 2. The van der Waals surface area contributed by atoms with E-state index in [4.69, 9.17) is 9.47 Å². The molecule has 2 N–H and O–H groups in total. The SMILES string of the molecule is O=C(NC(CC1CC1)C(=O)N1CCOCC(C(=O)O)C1)OCC1c2ccccc2-c2ccccc21. The number of nitrogens with one attached hydrogen (secondary N) is 1. The molecule has 1 saturated carbocycles. The summed E-state index contributed by atoms with van der Waals surface area (Å²) in [5.41, 5.74) is 4.54. The Bertz CT molecular complexity index is 1070. The summed E-state index contributed by atoms with van der Waals surface area (Å²) in [6.07, 6.45) is 1.94. The van der Waals surface area contributed by atoms with E-state index in [-0.39, 0.29) is 38.2 Å². The van der Waals surface area contributed by atoms with Crippen molar-refractivity contribution in [1.82, 2.24) is 10.2 Å². The Balaban J connectivity index is 1.25. The van der Waals surface area contributed by atoms with Gasteiger partial charge in [-0.25, -0.2) is 4.79 Å². The van der Waals surface area contributed by atoms with Crippen molar-refractivity contribution in [2.45, 2.75) is 31.2 Å². The first-order chi connectivity index (χ1) is 17.0. The van der Waals surface area contributed by atoms with Crippen LogP contribution in [0.5, 0.6) is 0 Å². The van der Waals surface area contributed by atoms with Gasteiger partial charge in [-0.05, 0) is 34.6 Å². The molecule has 5 rings (SSSR count). The molecule has 2 unspecified atom stereocenters. The lowest BCUT2D eigenvalue weighted by atomic mass is 9.98. The van der Waals surface area contributed by atoms with Crippen LogP contribution in [0.1, 0.15) is 36.3 Å². The third-order valence-electron chi connectivity index (χ3n) is 7.13. The van der Waals surface area contributed by atoms with Gasteiger partial charge in [-0.2, -0.15) is 0 Å². The smallest absolute Gasteiger partial charge is 0.407 e. The number of alkyl carbamates (subject to hydrolysis) is 1. The van der Waals surface area contributed by atoms with Crippen LogP contribution in [0.3, 0.4) is 0 Å². The number of rotatable bonds is 7. The molecule has 0 radical (unpaired) electrons. The summed E-state index contributed by atoms with van der Waals surface area (Å²) in [4.78, 5) is 39.1. The molecule has 0 spiro atoms. The van der Waals surface area contributed by atoms with E-state index in [0.717, 1.165) is 35.1 Å². The number of fused-ring (bicyclic) bond motifs is 3. The van der Waals surface area contributed by atoms with Crippen LogP contribution >= 0.6 is 0 Å². The molecule has 2 amide bonds. The zero-order valence-electron chi connectivity index (χ0n) is 19.5. The number of ether oxygens (including phenoxy) is 2. The highest BCUT2D eigenvalue weighted by atomic mass is 16.5. The molecule has 0 bridgehead atoms. The Morgan fingerprint density at radius 1 is 1.06 bits per heavy atom. The summed E-state index contributed by atoms with van der Waals surface area (Å²) in [7, 11) is 0. The van der Waals surface area contributed by atoms with Crippen molar-refractivity contribution in [1.29, 1.82) is 0 Å². The molecule has 1 saturated heterocycles. The van der Waals surface area contributed by atoms with Crippen molar-refractivity contribution >= 4 is 18.0 Å². The van der Waals surface area contributed by atoms with Crippen molar-refractivity contribution in [3.05, 3.63) is 59.7 Å². The molecule has 1 heterocycles. The van der Waals surface area contributed by atoms with Crippen LogP contribution in [0.25, 0.3) is 11.1 Å². The molecule has 184 valence electrons. The molecule has 2 aromatic carbocycles. The minimum absolute atomic E-state index is 0.0650. The quantitative estimate of drug-likeness (QED) is 0.633. The van der Waals surface area contributed by atoms with Crippen LogP contribution < -0.4 is 5.32 Å². The second kappa shape index (κ2) is 10.1. The Morgan fingerprint density at radius 3 is 2.34 bits per heavy atom. The lowest BCUT2D eigenvalue weighted by molar-refractivity contribution is -0.144. The third-order valence-corrected chi connectivity index (χ3v) is 7.13. The third kappa shape index (κ3) is 5.17. The number of amides is 2. The van der Waals surface area contributed by atoms with Crippen LogP contribution in [-0.4, -0.2) is 66.9 Å². The molecule has 35 heavy (non-hydrogen) atoms. The molecule has 0 aromatic heterocycles. The number of hydrogen-bond donors (Lipinski definition) is 2. The average Bonchev–Trinajstić information content (AvgIpc) is 3.66. The van der Waals surface area contributed by atoms with Crippen molar-refractivity contribution in [3.63, 3.8) is 0 Å². The summed E-state index contributed by atoms with van der Waals surface area (Å²) in [5, 5.41) is 12.2. The van der Waals surface area contributed by atoms with Crippen LogP contribution in [0, 0.1) is 11.8 Å². The van der Waals surface area contributed by atoms with Gasteiger partial charge in [0.1, 0.15) is 12.6 Å². The predicted molar refractivity (Wildman–Crippen MR) is 128 cm³/mol. The minimum atomic E-state index is -0.993. The number of carbonyl (C=O) groups is 3. The highest BCUT2D eigenvalue weighted by Crippen LogP contribution is 2.44. The first-order valence-corrected chi connectivity index (χ1v) is 12.2. The van der Waals surface area contributed by atoms with Gasteiger partial charge in [0.25, 0.3) is 0 Å². The maximum Gasteiger partial charge on any atom is 0.407 e. The molecular weight excluding hydrogens is 448 g/mol. The van der Waals surface area contributed by atoms with E-state index in [9.17, 15) is 19.5 Å². The first kappa shape index (κ1) is 23.4. The summed E-state index contributed by atoms with van der Waals surface area (Å²) in [5.74, 6) is -1.73. The highest BCUT2D eigenvalue weighted by molar-refractivity contribution is 5.86. The number of aliphatic carboxylic acids is 1. The van der Waals surface area contributed by atoms with Gasteiger partial charge in [0, 0.05) is 19.0 Å². The molecule has 2 aliphatic carbocycles. The Hall–Kier alpha value is -3.39. The van der Waals surface area contributed by atoms with Crippen LogP contribution in [-0.2, 0) is 19.1 Å². The van der Waals surface area contributed by atoms with Crippen molar-refractivity contribution in [3.8, 4) is 11.1 Å². The maximum atomic E-state index is 13.3. The van der Waals surface area contributed by atoms with Crippen molar-refractivity contribution < 1.29 is 29.0 Å². The van der Waals surface area contributed by atoms with Gasteiger partial charge in [-0.1, -0.05) is 61.4 Å². The molecule has 1 aliphatic heterocycles. The average molecular weight is 479 g/mol. The summed E-state index contributed by atoms with van der Waals surface area (Å²) >= 11 is 0. The molecule has 8 nitrogen and oxygen atoms in total. The molecule has 2 aromatic rings. The van der Waals surface area contributed by atoms with E-state index < -0.39 is 24.0 Å². The molecule has 8 heteroatoms. The zero-order valence-corrected chi connectivity index (χ0v) is 19.5. The van der Waals surface area contributed by atoms with Crippen molar-refractivity contribution in [2.75, 3.05) is 32.9 Å². The highest BCUT2D eigenvalue weighted by Gasteiger charge is 2.36. The second-order valence-corrected chi connectivity index (χ2v) is 9.60. The molecule has 2 fully saturated rings. The Kier molecular flexibility index (Phi) is 6.72. The Morgan fingerprint density at radius 2 is 1.71 bits per heavy atom. The zero-order chi connectivity index (χ0) is 24.4. The van der Waals surface area contributed by atoms with Gasteiger partial charge in [-0.15, -0.1) is 0 Å². The normalized spacial score (nSPS) is 20.3. The topological polar surface area (TPSA) is 105 Å². The molecule has 2 atom stereocenters. The van der Waals surface area contributed by atoms with Crippen LogP contribution in [0.15, 0.2) is 48.5 Å². The van der Waals surface area contributed by atoms with Gasteiger partial charge in [0.15, 0.2) is 0 Å². The fraction of sp³-hybridized carbons (Fsp3) is 0.444. The van der Waals surface area contributed by atoms with Gasteiger partial charge >= 0.3 is 12.1 Å². The fourth-order valence-electron chi connectivity index (χ4n) is 5.07. The first-order valence-electron chi connectivity index (χ1n) is 12.2. The number of carboxylic acids is 1. The van der Waals surface area contributed by atoms with Crippen LogP contribution in [0.4, 0.5) is 4.79 Å². The van der Waals surface area contributed by atoms with Gasteiger partial charge < -0.3 is 24.8 Å². The fourth-order valence-corrected chi connectivity index (χ4v) is 5.07. The number of benzene rings is 2. The van der Waals surface area contributed by atoms with Gasteiger partial charge in [0.05, 0.1) is 19.1 Å². The maximum absolute atomic E-state index is 13.3. The van der Waals surface area contributed by atoms with Gasteiger partial charge in [-0.3, -0.25) is 9.59 Å². The summed E-state index contributed by atoms with van der Waals surface area (Å²) in [6, 6.07) is 15.5. The van der Waals surface area contributed by atoms with Gasteiger partial charge in [0.2, 0.25) is 5.91 Å². The minimum Gasteiger partial charge on any atom is -0.481 e. The molecule has 3 aliphatic rings. The van der Waals surface area contributed by atoms with Crippen molar-refractivity contribution in [2.24, 2.45) is 11.8 Å². The molecular formula is C27H30N2O6. The largest absolute Gasteiger partial charge is 0.481 e. The Labute approximate surface area is 204 Å². The number of nitrogens with zero attached hydrogens (tertiary/aromatic N) is 1.